The van der Waals surface area contributed by atoms with Crippen LogP contribution in [0, 0.1) is 0 Å². The second-order valence-electron chi connectivity index (χ2n) is 4.30. The summed E-state index contributed by atoms with van der Waals surface area (Å²) >= 11 is 0. The fourth-order valence-corrected chi connectivity index (χ4v) is 1.17. The van der Waals surface area contributed by atoms with E-state index in [0.717, 1.165) is 17.9 Å². The second-order valence-corrected chi connectivity index (χ2v) is 4.30. The van der Waals surface area contributed by atoms with Crippen LogP contribution >= 0.6 is 0 Å². The molecular formula is C11H20N4. The number of nitrogens with two attached hydrogens (primary N) is 1. The molecule has 2 N–H and O–H groups in total. The first-order valence-corrected chi connectivity index (χ1v) is 5.26. The Balaban J connectivity index is 2.87. The highest BCUT2D eigenvalue weighted by Gasteiger charge is 2.22. The van der Waals surface area contributed by atoms with Crippen molar-refractivity contribution in [3.63, 3.8) is 0 Å². The number of anilines is 1. The minimum absolute atomic E-state index is 0.0961. The molecule has 1 heterocycles. The molecule has 0 aliphatic heterocycles. The monoisotopic (exact) mass is 208 g/mol. The topological polar surface area (TPSA) is 55.0 Å². The van der Waals surface area contributed by atoms with Crippen molar-refractivity contribution in [1.29, 1.82) is 0 Å². The van der Waals surface area contributed by atoms with Gasteiger partial charge in [0, 0.05) is 19.1 Å². The van der Waals surface area contributed by atoms with Crippen LogP contribution in [-0.2, 0) is 6.54 Å². The Morgan fingerprint density at radius 3 is 2.40 bits per heavy atom. The standard InChI is InChI=1S/C11H20N4/c1-5-11(2,3)15(4)10-8-13-9(6-12)7-14-10/h7-8H,5-6,12H2,1-4H3. The van der Waals surface area contributed by atoms with Crippen molar-refractivity contribution in [2.24, 2.45) is 5.73 Å². The lowest BCUT2D eigenvalue weighted by Crippen LogP contribution is -2.41. The molecule has 0 aliphatic rings. The summed E-state index contributed by atoms with van der Waals surface area (Å²) in [6.07, 6.45) is 4.57. The summed E-state index contributed by atoms with van der Waals surface area (Å²) < 4.78 is 0. The average Bonchev–Trinajstić information content (AvgIpc) is 2.28. The lowest BCUT2D eigenvalue weighted by molar-refractivity contribution is 0.466. The molecule has 1 aromatic rings. The molecule has 0 aromatic carbocycles. The zero-order valence-corrected chi connectivity index (χ0v) is 9.99. The first-order valence-electron chi connectivity index (χ1n) is 5.26. The van der Waals surface area contributed by atoms with E-state index in [2.05, 4.69) is 35.6 Å². The molecule has 0 saturated carbocycles. The Kier molecular flexibility index (Phi) is 3.63. The molecule has 0 unspecified atom stereocenters. The maximum atomic E-state index is 5.47. The number of hydrogen-bond donors (Lipinski definition) is 1. The highest BCUT2D eigenvalue weighted by atomic mass is 15.2. The van der Waals surface area contributed by atoms with E-state index in [1.807, 2.05) is 7.05 Å². The Hall–Kier alpha value is -1.16. The number of hydrogen-bond acceptors (Lipinski definition) is 4. The second kappa shape index (κ2) is 4.57. The van der Waals surface area contributed by atoms with Gasteiger partial charge in [0.25, 0.3) is 0 Å². The zero-order chi connectivity index (χ0) is 11.5. The summed E-state index contributed by atoms with van der Waals surface area (Å²) in [7, 11) is 2.04. The largest absolute Gasteiger partial charge is 0.353 e. The highest BCUT2D eigenvalue weighted by Crippen LogP contribution is 2.21. The maximum absolute atomic E-state index is 5.47. The van der Waals surface area contributed by atoms with Gasteiger partial charge in [0.1, 0.15) is 5.82 Å². The van der Waals surface area contributed by atoms with Crippen LogP contribution < -0.4 is 10.6 Å². The van der Waals surface area contributed by atoms with Gasteiger partial charge in [-0.05, 0) is 20.3 Å². The van der Waals surface area contributed by atoms with Crippen LogP contribution in [0.3, 0.4) is 0 Å². The predicted octanol–water partition coefficient (Wildman–Crippen LogP) is 1.56. The average molecular weight is 208 g/mol. The van der Waals surface area contributed by atoms with Crippen molar-refractivity contribution >= 4 is 5.82 Å². The van der Waals surface area contributed by atoms with Gasteiger partial charge in [-0.1, -0.05) is 6.92 Å². The van der Waals surface area contributed by atoms with E-state index < -0.39 is 0 Å². The van der Waals surface area contributed by atoms with Crippen molar-refractivity contribution in [2.45, 2.75) is 39.3 Å². The Morgan fingerprint density at radius 2 is 2.00 bits per heavy atom. The molecule has 15 heavy (non-hydrogen) atoms. The van der Waals surface area contributed by atoms with Crippen LogP contribution in [0.25, 0.3) is 0 Å². The molecule has 0 amide bonds. The Bertz CT molecular complexity index is 305. The summed E-state index contributed by atoms with van der Waals surface area (Å²) in [4.78, 5) is 10.7. The van der Waals surface area contributed by atoms with Gasteiger partial charge in [0.2, 0.25) is 0 Å². The van der Waals surface area contributed by atoms with Crippen LogP contribution in [0.15, 0.2) is 12.4 Å². The minimum Gasteiger partial charge on any atom is -0.353 e. The van der Waals surface area contributed by atoms with Crippen LogP contribution in [0.4, 0.5) is 5.82 Å². The lowest BCUT2D eigenvalue weighted by atomic mass is 10.0. The van der Waals surface area contributed by atoms with E-state index in [4.69, 9.17) is 5.73 Å². The van der Waals surface area contributed by atoms with Gasteiger partial charge in [-0.2, -0.15) is 0 Å². The highest BCUT2D eigenvalue weighted by molar-refractivity contribution is 5.38. The van der Waals surface area contributed by atoms with Crippen LogP contribution in [-0.4, -0.2) is 22.6 Å². The molecule has 84 valence electrons. The summed E-state index contributed by atoms with van der Waals surface area (Å²) in [6, 6.07) is 0. The fraction of sp³-hybridized carbons (Fsp3) is 0.636. The van der Waals surface area contributed by atoms with E-state index in [1.165, 1.54) is 0 Å². The molecule has 0 bridgehead atoms. The van der Waals surface area contributed by atoms with Crippen LogP contribution in [0.1, 0.15) is 32.9 Å². The van der Waals surface area contributed by atoms with Gasteiger partial charge in [0.15, 0.2) is 0 Å². The first kappa shape index (κ1) is 11.9. The van der Waals surface area contributed by atoms with E-state index in [1.54, 1.807) is 12.4 Å². The molecule has 0 saturated heterocycles. The quantitative estimate of drug-likeness (QED) is 0.816. The van der Waals surface area contributed by atoms with Gasteiger partial charge < -0.3 is 10.6 Å². The number of nitrogens with zero attached hydrogens (tertiary/aromatic N) is 3. The summed E-state index contributed by atoms with van der Waals surface area (Å²) in [5.41, 5.74) is 6.39. The molecule has 0 radical (unpaired) electrons. The first-order chi connectivity index (χ1) is 7.01. The number of rotatable bonds is 4. The minimum atomic E-state index is 0.0961. The third kappa shape index (κ3) is 2.65. The molecule has 0 fully saturated rings. The van der Waals surface area contributed by atoms with Gasteiger partial charge in [-0.15, -0.1) is 0 Å². The van der Waals surface area contributed by atoms with Crippen LogP contribution in [0.2, 0.25) is 0 Å². The smallest absolute Gasteiger partial charge is 0.147 e. The molecule has 4 heteroatoms. The van der Waals surface area contributed by atoms with Gasteiger partial charge in [-0.3, -0.25) is 4.98 Å². The van der Waals surface area contributed by atoms with Crippen molar-refractivity contribution in [3.05, 3.63) is 18.1 Å². The maximum Gasteiger partial charge on any atom is 0.147 e. The fourth-order valence-electron chi connectivity index (χ4n) is 1.17. The van der Waals surface area contributed by atoms with Gasteiger partial charge >= 0.3 is 0 Å². The molecule has 0 spiro atoms. The normalized spacial score (nSPS) is 11.5. The third-order valence-electron chi connectivity index (χ3n) is 3.02. The summed E-state index contributed by atoms with van der Waals surface area (Å²) in [5, 5.41) is 0. The van der Waals surface area contributed by atoms with E-state index in [-0.39, 0.29) is 5.54 Å². The van der Waals surface area contributed by atoms with Crippen molar-refractivity contribution < 1.29 is 0 Å². The molecule has 4 nitrogen and oxygen atoms in total. The summed E-state index contributed by atoms with van der Waals surface area (Å²) in [5.74, 6) is 0.888. The summed E-state index contributed by atoms with van der Waals surface area (Å²) in [6.45, 7) is 6.98. The van der Waals surface area contributed by atoms with Gasteiger partial charge in [0.05, 0.1) is 18.1 Å². The van der Waals surface area contributed by atoms with Crippen molar-refractivity contribution in [2.75, 3.05) is 11.9 Å². The Morgan fingerprint density at radius 1 is 1.33 bits per heavy atom. The molecule has 0 atom stereocenters. The molecule has 1 rings (SSSR count). The van der Waals surface area contributed by atoms with E-state index >= 15 is 0 Å². The molecular weight excluding hydrogens is 188 g/mol. The lowest BCUT2D eigenvalue weighted by Gasteiger charge is -2.35. The van der Waals surface area contributed by atoms with E-state index in [9.17, 15) is 0 Å². The zero-order valence-electron chi connectivity index (χ0n) is 9.99. The predicted molar refractivity (Wildman–Crippen MR) is 62.7 cm³/mol. The third-order valence-corrected chi connectivity index (χ3v) is 3.02. The van der Waals surface area contributed by atoms with Crippen LogP contribution in [0.5, 0.6) is 0 Å². The molecule has 1 aromatic heterocycles. The SMILES string of the molecule is CCC(C)(C)N(C)c1cnc(CN)cn1. The van der Waals surface area contributed by atoms with E-state index in [0.29, 0.717) is 6.54 Å². The van der Waals surface area contributed by atoms with Crippen molar-refractivity contribution in [1.82, 2.24) is 9.97 Å². The van der Waals surface area contributed by atoms with Gasteiger partial charge in [-0.25, -0.2) is 4.98 Å². The molecule has 0 aliphatic carbocycles. The van der Waals surface area contributed by atoms with Crippen molar-refractivity contribution in [3.8, 4) is 0 Å². The number of aromatic nitrogens is 2. The Labute approximate surface area is 91.5 Å².